The minimum atomic E-state index is -6.28. The van der Waals surface area contributed by atoms with Gasteiger partial charge in [-0.25, -0.2) is 0 Å². The Balaban J connectivity index is -0.000000383. The van der Waals surface area contributed by atoms with Crippen LogP contribution in [-0.4, -0.2) is 159 Å². The fourth-order valence-electron chi connectivity index (χ4n) is 11.1. The zero-order valence-electron chi connectivity index (χ0n) is 93.7. The molecule has 0 heterocycles. The van der Waals surface area contributed by atoms with Crippen LogP contribution in [0.2, 0.25) is 0 Å². The third-order valence-electron chi connectivity index (χ3n) is 27.2. The lowest BCUT2D eigenvalue weighted by Gasteiger charge is -2.47. The molecule has 3 rings (SSSR count). The van der Waals surface area contributed by atoms with Crippen molar-refractivity contribution in [2.24, 2.45) is 61.6 Å². The number of hydrogen-bond donors (Lipinski definition) is 4. The van der Waals surface area contributed by atoms with Gasteiger partial charge in [0.1, 0.15) is 12.2 Å². The molecular weight excluding hydrogens is 1960 g/mol. The van der Waals surface area contributed by atoms with E-state index in [1.54, 1.807) is 118 Å². The molecule has 1 aliphatic rings. The summed E-state index contributed by atoms with van der Waals surface area (Å²) in [6.07, 6.45) is -38.6. The molecule has 856 valence electrons. The summed E-state index contributed by atoms with van der Waals surface area (Å²) < 4.78 is 295. The van der Waals surface area contributed by atoms with Crippen molar-refractivity contribution in [3.63, 3.8) is 0 Å². The van der Waals surface area contributed by atoms with Gasteiger partial charge in [0.05, 0.1) is 44.5 Å². The van der Waals surface area contributed by atoms with E-state index in [-0.39, 0.29) is 41.5 Å². The first-order valence-electron chi connectivity index (χ1n) is 49.8. The van der Waals surface area contributed by atoms with Crippen molar-refractivity contribution in [2.75, 3.05) is 6.61 Å². The van der Waals surface area contributed by atoms with E-state index < -0.39 is 196 Å². The maximum absolute atomic E-state index is 13.3. The highest BCUT2D eigenvalue weighted by atomic mass is 19.4. The molecule has 0 bridgehead atoms. The van der Waals surface area contributed by atoms with Crippen molar-refractivity contribution in [1.82, 2.24) is 0 Å². The van der Waals surface area contributed by atoms with Gasteiger partial charge in [-0.2, -0.15) is 92.2 Å². The number of ether oxygens (including phenoxy) is 6. The molecule has 38 heteroatoms. The second-order valence-electron chi connectivity index (χ2n) is 44.8. The van der Waals surface area contributed by atoms with Crippen molar-refractivity contribution < 1.29 is 175 Å². The van der Waals surface area contributed by atoms with Crippen molar-refractivity contribution in [1.29, 1.82) is 0 Å². The van der Waals surface area contributed by atoms with E-state index in [2.05, 4.69) is 146 Å². The Morgan fingerprint density at radius 2 is 0.621 bits per heavy atom. The number of esters is 6. The average molecular weight is 2140 g/mol. The average Bonchev–Trinajstić information content (AvgIpc) is 0.730. The smallest absolute Gasteiger partial charge is 0.426 e. The molecule has 0 radical (unpaired) electrons. The van der Waals surface area contributed by atoms with Gasteiger partial charge >= 0.3 is 85.0 Å². The first-order valence-corrected chi connectivity index (χ1v) is 49.8. The van der Waals surface area contributed by atoms with E-state index >= 15 is 0 Å². The first-order chi connectivity index (χ1) is 64.5. The van der Waals surface area contributed by atoms with Crippen LogP contribution in [0.15, 0.2) is 48.5 Å². The number of carboxylic acid groups (broad SMARTS) is 1. The molecule has 2 aromatic carbocycles. The van der Waals surface area contributed by atoms with Gasteiger partial charge in [0.25, 0.3) is 5.60 Å². The molecular formula is C107H179F21O17. The lowest BCUT2D eigenvalue weighted by molar-refractivity contribution is -0.391. The summed E-state index contributed by atoms with van der Waals surface area (Å²) >= 11 is 0. The third kappa shape index (κ3) is 52.6. The molecule has 17 nitrogen and oxygen atoms in total. The van der Waals surface area contributed by atoms with E-state index in [4.69, 9.17) is 19.3 Å². The van der Waals surface area contributed by atoms with E-state index in [0.717, 1.165) is 33.6 Å². The summed E-state index contributed by atoms with van der Waals surface area (Å²) in [5.41, 5.74) is -11.0. The minimum absolute atomic E-state index is 0.0510. The third-order valence-corrected chi connectivity index (χ3v) is 27.2. The molecule has 0 aliphatic heterocycles. The molecule has 0 saturated heterocycles. The number of aliphatic hydroxyl groups is 3. The summed E-state index contributed by atoms with van der Waals surface area (Å²) in [6, 6.07) is 18.2. The number of aliphatic carboxylic acids is 1. The number of unbranched alkanes of at least 4 members (excludes halogenated alkanes) is 1. The highest BCUT2D eigenvalue weighted by Gasteiger charge is 2.75. The van der Waals surface area contributed by atoms with E-state index in [1.165, 1.54) is 68.2 Å². The molecule has 1 aliphatic carbocycles. The maximum atomic E-state index is 13.3. The Hall–Kier alpha value is -6.86. The molecule has 145 heavy (non-hydrogen) atoms. The molecule has 0 amide bonds. The number of carbonyl (C=O) groups is 7. The standard InChI is InChI=1S/C18H25F9O4.C14H25F3O3.C14H28O2.2C14H22.3C9H15F3O2.C6H12O2/c1-5-13(2,3)12(28)31-11-7-9(14(4,29)16(19,20)21)6-10(8-11)15(30,17(22,23)24)18(25,26)27;1-7-12(4,5)11(18)20-10(9(2)3)8-13(6,19)14(15,16)17;1-6-9-10-12(7-2)11-16-13(15)14(4,5)8-3;2*1-6-11(2)12-7-9-13(10-8-12)14(3,4)5;3*1-5-8(3,4)7(13)14-6(2)9(10,11)12;1-4-6(2,3)5(7)8/h9-11,29-30H,5-8H2,1-4H3;9-10,19H,7-8H2,1-6H3;12H,6-11H2,1-5H3;2*7-11H,6H2,1-5H3;3*6H,5H2,1-4H3;4H2,1-3H3,(H,7,8). The maximum Gasteiger partial charge on any atom is 0.426 e. The number of benzene rings is 2. The Morgan fingerprint density at radius 1 is 0.345 bits per heavy atom. The number of carboxylic acids is 1. The summed E-state index contributed by atoms with van der Waals surface area (Å²) in [4.78, 5) is 79.9. The molecule has 2 aromatic rings. The molecule has 0 spiro atoms. The van der Waals surface area contributed by atoms with Gasteiger partial charge in [-0.3, -0.25) is 33.6 Å². The van der Waals surface area contributed by atoms with E-state index in [1.807, 2.05) is 27.7 Å². The van der Waals surface area contributed by atoms with Crippen LogP contribution in [0.3, 0.4) is 0 Å². The second-order valence-corrected chi connectivity index (χ2v) is 44.8. The zero-order chi connectivity index (χ0) is 117. The van der Waals surface area contributed by atoms with Crippen LogP contribution in [0.5, 0.6) is 0 Å². The summed E-state index contributed by atoms with van der Waals surface area (Å²) in [5.74, 6) is -8.26. The predicted molar refractivity (Wildman–Crippen MR) is 523 cm³/mol. The lowest BCUT2D eigenvalue weighted by atomic mass is 9.66. The van der Waals surface area contributed by atoms with Gasteiger partial charge in [0.15, 0.2) is 29.5 Å². The largest absolute Gasteiger partial charge is 0.481 e. The number of alkyl halides is 21. The van der Waals surface area contributed by atoms with Gasteiger partial charge in [-0.1, -0.05) is 213 Å². The monoisotopic (exact) mass is 2140 g/mol. The van der Waals surface area contributed by atoms with Crippen LogP contribution >= 0.6 is 0 Å². The van der Waals surface area contributed by atoms with Crippen molar-refractivity contribution >= 4 is 41.8 Å². The second kappa shape index (κ2) is 60.4. The Bertz CT molecular complexity index is 3860. The zero-order valence-corrected chi connectivity index (χ0v) is 93.7. The fourth-order valence-corrected chi connectivity index (χ4v) is 11.1. The normalized spacial score (nSPS) is 17.3. The number of rotatable bonds is 34. The fraction of sp³-hybridized carbons (Fsp3) is 0.822. The van der Waals surface area contributed by atoms with Crippen LogP contribution in [0, 0.1) is 61.6 Å². The van der Waals surface area contributed by atoms with E-state index in [9.17, 15) is 141 Å². The predicted octanol–water partition coefficient (Wildman–Crippen LogP) is 32.0. The summed E-state index contributed by atoms with van der Waals surface area (Å²) in [7, 11) is 0. The van der Waals surface area contributed by atoms with Gasteiger partial charge < -0.3 is 48.8 Å². The molecule has 1 saturated carbocycles. The Kier molecular flexibility index (Phi) is 62.0. The highest BCUT2D eigenvalue weighted by Crippen LogP contribution is 2.56. The van der Waals surface area contributed by atoms with Crippen LogP contribution in [0.25, 0.3) is 0 Å². The summed E-state index contributed by atoms with van der Waals surface area (Å²) in [6.45, 7) is 69.4. The quantitative estimate of drug-likeness (QED) is 0.0288. The Labute approximate surface area is 851 Å². The highest BCUT2D eigenvalue weighted by molar-refractivity contribution is 5.78. The van der Waals surface area contributed by atoms with Gasteiger partial charge in [-0.05, 0) is 272 Å². The van der Waals surface area contributed by atoms with Gasteiger partial charge in [0.2, 0.25) is 0 Å². The molecule has 0 aromatic heterocycles. The first kappa shape index (κ1) is 149. The lowest BCUT2D eigenvalue weighted by Crippen LogP contribution is -2.64. The van der Waals surface area contributed by atoms with Crippen LogP contribution < -0.4 is 0 Å². The van der Waals surface area contributed by atoms with Gasteiger partial charge in [-0.15, -0.1) is 0 Å². The number of halogens is 21. The van der Waals surface area contributed by atoms with Crippen molar-refractivity contribution in [2.45, 2.75) is 499 Å². The SMILES string of the molecule is CCC(C)(C)C(=O)O.CCC(C)(C)C(=O)OC(C)C(F)(F)F.CCC(C)(C)C(=O)OC(C)C(F)(F)F.CCC(C)(C)C(=O)OC(C)C(F)(F)F.CCC(C)(C)C(=O)OC(CC(C)(O)C(F)(F)F)C(C)C.CCC(C)(C)C(=O)OC1CC(C(C)(O)C(F)(F)F)CC(C(O)(C(F)(F)F)C(F)(F)F)C1.CCC(C)c1ccc(C(C)(C)C)cc1.CCC(C)c1ccc(C(C)(C)C)cc1.CCCCC(CC)COC(=O)C(C)(C)CC. The number of carbonyl (C=O) groups excluding carboxylic acids is 6. The Morgan fingerprint density at radius 3 is 0.841 bits per heavy atom. The van der Waals surface area contributed by atoms with Crippen LogP contribution in [-0.2, 0) is 72.8 Å². The summed E-state index contributed by atoms with van der Waals surface area (Å²) in [5, 5.41) is 37.6. The van der Waals surface area contributed by atoms with Crippen LogP contribution in [0.4, 0.5) is 92.2 Å². The topological polar surface area (TPSA) is 256 Å². The molecule has 12 atom stereocenters. The van der Waals surface area contributed by atoms with Crippen LogP contribution in [0.1, 0.15) is 420 Å². The number of hydrogen-bond acceptors (Lipinski definition) is 16. The van der Waals surface area contributed by atoms with Gasteiger partial charge in [0, 0.05) is 18.3 Å². The molecule has 4 N–H and O–H groups in total. The molecule has 1 fully saturated rings. The molecule has 12 unspecified atom stereocenters. The van der Waals surface area contributed by atoms with E-state index in [0.29, 0.717) is 63.4 Å². The van der Waals surface area contributed by atoms with Crippen molar-refractivity contribution in [3.05, 3.63) is 70.8 Å². The van der Waals surface area contributed by atoms with Crippen molar-refractivity contribution in [3.8, 4) is 0 Å². The minimum Gasteiger partial charge on any atom is -0.481 e.